The average molecular weight is 273 g/mol. The van der Waals surface area contributed by atoms with Crippen LogP contribution in [0.5, 0.6) is 0 Å². The fourth-order valence-electron chi connectivity index (χ4n) is 3.35. The third-order valence-electron chi connectivity index (χ3n) is 4.52. The van der Waals surface area contributed by atoms with Gasteiger partial charge in [-0.25, -0.2) is 4.98 Å². The number of carbonyl (C=O) groups is 1. The summed E-state index contributed by atoms with van der Waals surface area (Å²) in [5.74, 6) is 1.09. The summed E-state index contributed by atoms with van der Waals surface area (Å²) in [6.45, 7) is 3.12. The monoisotopic (exact) mass is 273 g/mol. The van der Waals surface area contributed by atoms with E-state index in [1.165, 1.54) is 31.2 Å². The Morgan fingerprint density at radius 3 is 2.50 bits per heavy atom. The lowest BCUT2D eigenvalue weighted by atomic mass is 10.1. The van der Waals surface area contributed by atoms with Gasteiger partial charge in [0.15, 0.2) is 0 Å². The number of hydrogen-bond acceptors (Lipinski definition) is 3. The first-order chi connectivity index (χ1) is 9.88. The minimum Gasteiger partial charge on any atom is -0.357 e. The minimum atomic E-state index is 0.234. The van der Waals surface area contributed by atoms with E-state index in [0.29, 0.717) is 0 Å². The van der Waals surface area contributed by atoms with Crippen LogP contribution in [0.1, 0.15) is 50.1 Å². The molecule has 3 heterocycles. The number of rotatable bonds is 3. The number of hydrogen-bond donors (Lipinski definition) is 0. The van der Waals surface area contributed by atoms with Gasteiger partial charge in [-0.3, -0.25) is 4.79 Å². The van der Waals surface area contributed by atoms with Crippen LogP contribution in [0.3, 0.4) is 0 Å². The minimum absolute atomic E-state index is 0.234. The highest BCUT2D eigenvalue weighted by molar-refractivity contribution is 5.50. The molecule has 0 spiro atoms. The number of aromatic nitrogens is 1. The van der Waals surface area contributed by atoms with Gasteiger partial charge in [0.05, 0.1) is 6.04 Å². The standard InChI is InChI=1S/C16H23N3O/c20-13-19-11-5-6-15(19)14-7-8-16(17-12-14)18-9-3-1-2-4-10-18/h7-8,12-13,15H,1-6,9-11H2/t15-/m1/s1. The summed E-state index contributed by atoms with van der Waals surface area (Å²) in [5.41, 5.74) is 1.17. The quantitative estimate of drug-likeness (QED) is 0.795. The number of carbonyl (C=O) groups excluding carboxylic acids is 1. The number of likely N-dealkylation sites (tertiary alicyclic amines) is 1. The maximum absolute atomic E-state index is 11.0. The van der Waals surface area contributed by atoms with Crippen molar-refractivity contribution in [3.8, 4) is 0 Å². The molecule has 108 valence electrons. The average Bonchev–Trinajstić information content (AvgIpc) is 2.81. The van der Waals surface area contributed by atoms with Crippen LogP contribution in [0, 0.1) is 0 Å². The molecular weight excluding hydrogens is 250 g/mol. The Morgan fingerprint density at radius 2 is 1.85 bits per heavy atom. The highest BCUT2D eigenvalue weighted by Gasteiger charge is 2.24. The molecule has 1 atom stereocenters. The molecule has 0 radical (unpaired) electrons. The molecule has 1 amide bonds. The molecule has 0 aromatic carbocycles. The van der Waals surface area contributed by atoms with Gasteiger partial charge in [-0.1, -0.05) is 18.9 Å². The first-order valence-corrected chi connectivity index (χ1v) is 7.80. The van der Waals surface area contributed by atoms with Crippen LogP contribution >= 0.6 is 0 Å². The van der Waals surface area contributed by atoms with Crippen molar-refractivity contribution in [2.75, 3.05) is 24.5 Å². The highest BCUT2D eigenvalue weighted by Crippen LogP contribution is 2.30. The summed E-state index contributed by atoms with van der Waals surface area (Å²) in [6.07, 6.45) is 10.3. The van der Waals surface area contributed by atoms with Gasteiger partial charge in [-0.2, -0.15) is 0 Å². The maximum Gasteiger partial charge on any atom is 0.210 e. The molecule has 4 heteroatoms. The van der Waals surface area contributed by atoms with Crippen LogP contribution in [0.4, 0.5) is 5.82 Å². The molecule has 0 unspecified atom stereocenters. The summed E-state index contributed by atoms with van der Waals surface area (Å²) in [5, 5.41) is 0. The Hall–Kier alpha value is -1.58. The van der Waals surface area contributed by atoms with E-state index in [-0.39, 0.29) is 6.04 Å². The zero-order valence-corrected chi connectivity index (χ0v) is 12.0. The van der Waals surface area contributed by atoms with E-state index in [4.69, 9.17) is 0 Å². The molecule has 20 heavy (non-hydrogen) atoms. The van der Waals surface area contributed by atoms with E-state index in [2.05, 4.69) is 22.0 Å². The molecule has 2 fully saturated rings. The maximum atomic E-state index is 11.0. The normalized spacial score (nSPS) is 23.7. The molecular formula is C16H23N3O. The molecule has 0 saturated carbocycles. The SMILES string of the molecule is O=CN1CCC[C@@H]1c1ccc(N2CCCCCC2)nc1. The second-order valence-electron chi connectivity index (χ2n) is 5.85. The largest absolute Gasteiger partial charge is 0.357 e. The number of pyridine rings is 1. The van der Waals surface area contributed by atoms with E-state index < -0.39 is 0 Å². The van der Waals surface area contributed by atoms with Gasteiger partial charge in [-0.15, -0.1) is 0 Å². The third-order valence-corrected chi connectivity index (χ3v) is 4.52. The Morgan fingerprint density at radius 1 is 1.05 bits per heavy atom. The Bertz CT molecular complexity index is 438. The summed E-state index contributed by atoms with van der Waals surface area (Å²) in [7, 11) is 0. The van der Waals surface area contributed by atoms with E-state index in [1.807, 2.05) is 11.1 Å². The Balaban J connectivity index is 1.72. The van der Waals surface area contributed by atoms with Crippen molar-refractivity contribution in [3.05, 3.63) is 23.9 Å². The Kier molecular flexibility index (Phi) is 4.19. The van der Waals surface area contributed by atoms with Crippen LogP contribution in [0.2, 0.25) is 0 Å². The second kappa shape index (κ2) is 6.25. The van der Waals surface area contributed by atoms with Crippen molar-refractivity contribution in [2.45, 2.75) is 44.6 Å². The number of amides is 1. The van der Waals surface area contributed by atoms with Gasteiger partial charge in [0.25, 0.3) is 0 Å². The second-order valence-corrected chi connectivity index (χ2v) is 5.85. The van der Waals surface area contributed by atoms with Crippen molar-refractivity contribution in [1.29, 1.82) is 0 Å². The summed E-state index contributed by atoms with van der Waals surface area (Å²) >= 11 is 0. The fraction of sp³-hybridized carbons (Fsp3) is 0.625. The molecule has 0 aliphatic carbocycles. The molecule has 2 aliphatic rings. The van der Waals surface area contributed by atoms with Crippen molar-refractivity contribution in [2.24, 2.45) is 0 Å². The van der Waals surface area contributed by atoms with Gasteiger partial charge < -0.3 is 9.80 Å². The predicted octanol–water partition coefficient (Wildman–Crippen LogP) is 2.76. The first-order valence-electron chi connectivity index (χ1n) is 7.80. The predicted molar refractivity (Wildman–Crippen MR) is 79.7 cm³/mol. The molecule has 0 N–H and O–H groups in total. The van der Waals surface area contributed by atoms with Gasteiger partial charge in [0, 0.05) is 25.8 Å². The smallest absolute Gasteiger partial charge is 0.210 e. The van der Waals surface area contributed by atoms with E-state index in [0.717, 1.165) is 44.7 Å². The van der Waals surface area contributed by atoms with E-state index in [1.54, 1.807) is 0 Å². The van der Waals surface area contributed by atoms with Crippen LogP contribution in [0.15, 0.2) is 18.3 Å². The van der Waals surface area contributed by atoms with Crippen LogP contribution < -0.4 is 4.90 Å². The summed E-state index contributed by atoms with van der Waals surface area (Å²) in [6, 6.07) is 4.51. The fourth-order valence-corrected chi connectivity index (χ4v) is 3.35. The van der Waals surface area contributed by atoms with E-state index in [9.17, 15) is 4.79 Å². The zero-order chi connectivity index (χ0) is 13.8. The third kappa shape index (κ3) is 2.79. The molecule has 1 aromatic rings. The van der Waals surface area contributed by atoms with Crippen molar-refractivity contribution in [3.63, 3.8) is 0 Å². The Labute approximate surface area is 120 Å². The lowest BCUT2D eigenvalue weighted by molar-refractivity contribution is -0.118. The topological polar surface area (TPSA) is 36.4 Å². The summed E-state index contributed by atoms with van der Waals surface area (Å²) in [4.78, 5) is 20.0. The molecule has 2 aliphatic heterocycles. The van der Waals surface area contributed by atoms with Crippen molar-refractivity contribution in [1.82, 2.24) is 9.88 Å². The van der Waals surface area contributed by atoms with Crippen molar-refractivity contribution < 1.29 is 4.79 Å². The van der Waals surface area contributed by atoms with Crippen LogP contribution in [-0.2, 0) is 4.79 Å². The van der Waals surface area contributed by atoms with E-state index >= 15 is 0 Å². The van der Waals surface area contributed by atoms with Gasteiger partial charge in [0.1, 0.15) is 5.82 Å². The zero-order valence-electron chi connectivity index (χ0n) is 12.0. The highest BCUT2D eigenvalue weighted by atomic mass is 16.1. The molecule has 0 bridgehead atoms. The van der Waals surface area contributed by atoms with Gasteiger partial charge in [0.2, 0.25) is 6.41 Å². The van der Waals surface area contributed by atoms with Gasteiger partial charge in [-0.05, 0) is 37.3 Å². The first kappa shape index (κ1) is 13.4. The number of anilines is 1. The van der Waals surface area contributed by atoms with Crippen molar-refractivity contribution >= 4 is 12.2 Å². The van der Waals surface area contributed by atoms with Crippen LogP contribution in [-0.4, -0.2) is 35.9 Å². The molecule has 4 nitrogen and oxygen atoms in total. The lowest BCUT2D eigenvalue weighted by Crippen LogP contribution is -2.25. The van der Waals surface area contributed by atoms with Gasteiger partial charge >= 0.3 is 0 Å². The molecule has 2 saturated heterocycles. The van der Waals surface area contributed by atoms with Crippen LogP contribution in [0.25, 0.3) is 0 Å². The molecule has 1 aromatic heterocycles. The lowest BCUT2D eigenvalue weighted by Gasteiger charge is -2.23. The molecule has 3 rings (SSSR count). The number of nitrogens with zero attached hydrogens (tertiary/aromatic N) is 3. The summed E-state index contributed by atoms with van der Waals surface area (Å²) < 4.78 is 0.